The van der Waals surface area contributed by atoms with Gasteiger partial charge < -0.3 is 19.7 Å². The number of benzene rings is 2. The van der Waals surface area contributed by atoms with E-state index in [-0.39, 0.29) is 30.2 Å². The summed E-state index contributed by atoms with van der Waals surface area (Å²) in [5.74, 6) is -0.358. The van der Waals surface area contributed by atoms with Crippen LogP contribution in [0.5, 0.6) is 0 Å². The molecule has 2 atom stereocenters. The zero-order valence-electron chi connectivity index (χ0n) is 17.9. The number of aromatic nitrogens is 1. The second kappa shape index (κ2) is 8.15. The van der Waals surface area contributed by atoms with E-state index >= 15 is 0 Å². The molecule has 0 radical (unpaired) electrons. The Morgan fingerprint density at radius 1 is 1.03 bits per heavy atom. The second-order valence-corrected chi connectivity index (χ2v) is 8.43. The van der Waals surface area contributed by atoms with E-state index < -0.39 is 6.04 Å². The van der Waals surface area contributed by atoms with E-state index in [1.54, 1.807) is 28.0 Å². The smallest absolute Gasteiger partial charge is 0.318 e. The van der Waals surface area contributed by atoms with E-state index in [0.29, 0.717) is 25.2 Å². The number of hydrogen-bond acceptors (Lipinski definition) is 2. The molecule has 0 aliphatic carbocycles. The van der Waals surface area contributed by atoms with Crippen molar-refractivity contribution in [2.45, 2.75) is 32.0 Å². The number of halogens is 1. The summed E-state index contributed by atoms with van der Waals surface area (Å²) in [6.45, 7) is 3.51. The molecule has 32 heavy (non-hydrogen) atoms. The van der Waals surface area contributed by atoms with Gasteiger partial charge >= 0.3 is 6.03 Å². The van der Waals surface area contributed by atoms with Crippen LogP contribution in [0.3, 0.4) is 0 Å². The fraction of sp³-hybridized carbons (Fsp3) is 0.280. The predicted molar refractivity (Wildman–Crippen MR) is 120 cm³/mol. The van der Waals surface area contributed by atoms with Gasteiger partial charge in [-0.15, -0.1) is 0 Å². The summed E-state index contributed by atoms with van der Waals surface area (Å²) in [5, 5.41) is 3.03. The number of fused-ring (bicyclic) bond motifs is 1. The number of carbonyl (C=O) groups excluding carboxylic acids is 2. The van der Waals surface area contributed by atoms with E-state index in [9.17, 15) is 14.0 Å². The fourth-order valence-electron chi connectivity index (χ4n) is 4.66. The molecule has 1 saturated heterocycles. The van der Waals surface area contributed by atoms with Gasteiger partial charge in [0.2, 0.25) is 5.91 Å². The van der Waals surface area contributed by atoms with Crippen molar-refractivity contribution < 1.29 is 14.0 Å². The zero-order chi connectivity index (χ0) is 22.2. The summed E-state index contributed by atoms with van der Waals surface area (Å²) in [4.78, 5) is 29.3. The lowest BCUT2D eigenvalue weighted by atomic mass is 9.99. The van der Waals surface area contributed by atoms with Crippen LogP contribution in [0.1, 0.15) is 29.3 Å². The normalized spacial score (nSPS) is 20.4. The first-order valence-corrected chi connectivity index (χ1v) is 10.8. The Kier molecular flexibility index (Phi) is 5.17. The van der Waals surface area contributed by atoms with Crippen LogP contribution in [0.4, 0.5) is 14.9 Å². The third kappa shape index (κ3) is 3.64. The van der Waals surface area contributed by atoms with Crippen LogP contribution in [0.25, 0.3) is 0 Å². The van der Waals surface area contributed by atoms with Gasteiger partial charge in [0.25, 0.3) is 0 Å². The van der Waals surface area contributed by atoms with E-state index in [4.69, 9.17) is 0 Å². The van der Waals surface area contributed by atoms with E-state index in [1.165, 1.54) is 6.07 Å². The van der Waals surface area contributed by atoms with Gasteiger partial charge in [0.1, 0.15) is 11.9 Å². The van der Waals surface area contributed by atoms with Gasteiger partial charge in [-0.1, -0.05) is 35.9 Å². The summed E-state index contributed by atoms with van der Waals surface area (Å²) in [5.41, 5.74) is 3.29. The average molecular weight is 432 g/mol. The van der Waals surface area contributed by atoms with Gasteiger partial charge in [-0.2, -0.15) is 0 Å². The quantitative estimate of drug-likeness (QED) is 0.683. The van der Waals surface area contributed by atoms with Crippen molar-refractivity contribution >= 4 is 17.6 Å². The number of hydrogen-bond donors (Lipinski definition) is 1. The first-order valence-electron chi connectivity index (χ1n) is 10.8. The number of urea groups is 1. The van der Waals surface area contributed by atoms with Crippen LogP contribution in [-0.2, 0) is 11.3 Å². The van der Waals surface area contributed by atoms with Gasteiger partial charge in [-0.05, 0) is 37.3 Å². The molecule has 0 spiro atoms. The second-order valence-electron chi connectivity index (χ2n) is 8.43. The van der Waals surface area contributed by atoms with Crippen LogP contribution in [0.15, 0.2) is 66.9 Å². The Balaban J connectivity index is 1.36. The van der Waals surface area contributed by atoms with Crippen LogP contribution in [0.2, 0.25) is 0 Å². The highest BCUT2D eigenvalue weighted by molar-refractivity contribution is 5.96. The van der Waals surface area contributed by atoms with Gasteiger partial charge in [0, 0.05) is 49.2 Å². The van der Waals surface area contributed by atoms with Gasteiger partial charge in [0.15, 0.2) is 0 Å². The Hall–Kier alpha value is -3.61. The lowest BCUT2D eigenvalue weighted by molar-refractivity contribution is -0.117. The minimum Gasteiger partial charge on any atom is -0.348 e. The molecule has 7 heteroatoms. The number of carbonyl (C=O) groups is 2. The molecule has 3 amide bonds. The van der Waals surface area contributed by atoms with Crippen LogP contribution in [-0.4, -0.2) is 40.5 Å². The first kappa shape index (κ1) is 20.3. The molecule has 2 aliphatic heterocycles. The number of anilines is 1. The monoisotopic (exact) mass is 432 g/mol. The van der Waals surface area contributed by atoms with Crippen molar-refractivity contribution in [3.05, 3.63) is 89.5 Å². The summed E-state index contributed by atoms with van der Waals surface area (Å²) in [6, 6.07) is 17.1. The standard InChI is InChI=1S/C25H25FN4O2/c1-17-8-10-19(11-9-17)30-16-18(15-23(30)31)27-25(32)29-14-13-28-12-4-7-22(28)24(29)20-5-2-3-6-21(20)26/h2-12,18,24H,13-16H2,1H3,(H,27,32)/t18-,24+/m1/s1. The molecule has 1 aromatic heterocycles. The molecular weight excluding hydrogens is 407 g/mol. The van der Waals surface area contributed by atoms with Crippen LogP contribution >= 0.6 is 0 Å². The summed E-state index contributed by atoms with van der Waals surface area (Å²) >= 11 is 0. The molecule has 3 aromatic rings. The molecule has 1 N–H and O–H groups in total. The molecule has 2 aliphatic rings. The molecule has 0 saturated carbocycles. The number of aryl methyl sites for hydroxylation is 1. The van der Waals surface area contributed by atoms with Crippen molar-refractivity contribution in [1.29, 1.82) is 0 Å². The Labute approximate surface area is 186 Å². The molecule has 2 aromatic carbocycles. The number of rotatable bonds is 3. The molecule has 164 valence electrons. The molecule has 5 rings (SSSR count). The molecule has 0 bridgehead atoms. The van der Waals surface area contributed by atoms with Crippen LogP contribution < -0.4 is 10.2 Å². The lowest BCUT2D eigenvalue weighted by Gasteiger charge is -2.38. The summed E-state index contributed by atoms with van der Waals surface area (Å²) in [6.07, 6.45) is 2.20. The zero-order valence-corrected chi connectivity index (χ0v) is 17.9. The first-order chi connectivity index (χ1) is 15.5. The van der Waals surface area contributed by atoms with Crippen LogP contribution in [0, 0.1) is 12.7 Å². The van der Waals surface area contributed by atoms with Crippen molar-refractivity contribution in [3.8, 4) is 0 Å². The maximum absolute atomic E-state index is 14.7. The van der Waals surface area contributed by atoms with Gasteiger partial charge in [0.05, 0.1) is 6.04 Å². The third-order valence-corrected chi connectivity index (χ3v) is 6.30. The average Bonchev–Trinajstić information content (AvgIpc) is 3.40. The van der Waals surface area contributed by atoms with E-state index in [0.717, 1.165) is 16.9 Å². The Morgan fingerprint density at radius 2 is 1.81 bits per heavy atom. The lowest BCUT2D eigenvalue weighted by Crippen LogP contribution is -2.50. The number of nitrogens with one attached hydrogen (secondary N) is 1. The highest BCUT2D eigenvalue weighted by atomic mass is 19.1. The highest BCUT2D eigenvalue weighted by Crippen LogP contribution is 2.34. The molecular formula is C25H25FN4O2. The largest absolute Gasteiger partial charge is 0.348 e. The van der Waals surface area contributed by atoms with Gasteiger partial charge in [-0.25, -0.2) is 9.18 Å². The summed E-state index contributed by atoms with van der Waals surface area (Å²) in [7, 11) is 0. The van der Waals surface area contributed by atoms with Crippen molar-refractivity contribution in [3.63, 3.8) is 0 Å². The van der Waals surface area contributed by atoms with Crippen molar-refractivity contribution in [2.24, 2.45) is 0 Å². The highest BCUT2D eigenvalue weighted by Gasteiger charge is 2.37. The predicted octanol–water partition coefficient (Wildman–Crippen LogP) is 3.86. The van der Waals surface area contributed by atoms with E-state index in [2.05, 4.69) is 9.88 Å². The van der Waals surface area contributed by atoms with Crippen molar-refractivity contribution in [1.82, 2.24) is 14.8 Å². The topological polar surface area (TPSA) is 57.6 Å². The Morgan fingerprint density at radius 3 is 2.59 bits per heavy atom. The number of amides is 3. The van der Waals surface area contributed by atoms with Gasteiger partial charge in [-0.3, -0.25) is 4.79 Å². The minimum atomic E-state index is -0.523. The maximum Gasteiger partial charge on any atom is 0.318 e. The maximum atomic E-state index is 14.7. The SMILES string of the molecule is Cc1ccc(N2C[C@H](NC(=O)N3CCn4cccc4[C@@H]3c3ccccc3F)CC2=O)cc1. The molecule has 6 nitrogen and oxygen atoms in total. The molecule has 1 fully saturated rings. The summed E-state index contributed by atoms with van der Waals surface area (Å²) < 4.78 is 16.8. The fourth-order valence-corrected chi connectivity index (χ4v) is 4.66. The Bertz CT molecular complexity index is 1160. The number of nitrogens with zero attached hydrogens (tertiary/aromatic N) is 3. The molecule has 3 heterocycles. The van der Waals surface area contributed by atoms with Crippen molar-refractivity contribution in [2.75, 3.05) is 18.0 Å². The molecule has 0 unspecified atom stereocenters. The minimum absolute atomic E-state index is 0.0164. The van der Waals surface area contributed by atoms with E-state index in [1.807, 2.05) is 49.5 Å². The third-order valence-electron chi connectivity index (χ3n) is 6.30.